The number of aromatic carboxylic acids is 1. The standard InChI is InChI=1S/C13H8F2O2/c14-10-6-3-7-11(15)12(10)8-4-1-2-5-9(8)13(16)17/h1-7H,(H,16,17). The van der Waals surface area contributed by atoms with E-state index in [1.807, 2.05) is 0 Å². The number of hydrogen-bond acceptors (Lipinski definition) is 1. The van der Waals surface area contributed by atoms with E-state index in [1.165, 1.54) is 30.3 Å². The van der Waals surface area contributed by atoms with Gasteiger partial charge < -0.3 is 5.11 Å². The summed E-state index contributed by atoms with van der Waals surface area (Å²) in [6, 6.07) is 9.15. The molecule has 0 atom stereocenters. The second-order valence-corrected chi connectivity index (χ2v) is 3.45. The SMILES string of the molecule is O=C(O)c1ccccc1-c1c(F)cccc1F. The fourth-order valence-electron chi connectivity index (χ4n) is 1.64. The van der Waals surface area contributed by atoms with Crippen molar-refractivity contribution in [2.75, 3.05) is 0 Å². The molecule has 0 unspecified atom stereocenters. The molecule has 2 aromatic carbocycles. The van der Waals surface area contributed by atoms with Gasteiger partial charge >= 0.3 is 5.97 Å². The average molecular weight is 234 g/mol. The number of benzene rings is 2. The van der Waals surface area contributed by atoms with Crippen LogP contribution in [-0.2, 0) is 0 Å². The Labute approximate surface area is 96.1 Å². The van der Waals surface area contributed by atoms with Crippen molar-refractivity contribution < 1.29 is 18.7 Å². The summed E-state index contributed by atoms with van der Waals surface area (Å²) in [5.41, 5.74) is -0.405. The van der Waals surface area contributed by atoms with Crippen LogP contribution in [0.15, 0.2) is 42.5 Å². The number of rotatable bonds is 2. The van der Waals surface area contributed by atoms with Gasteiger partial charge in [-0.2, -0.15) is 0 Å². The molecule has 0 radical (unpaired) electrons. The number of hydrogen-bond donors (Lipinski definition) is 1. The molecule has 17 heavy (non-hydrogen) atoms. The summed E-state index contributed by atoms with van der Waals surface area (Å²) in [6.45, 7) is 0. The van der Waals surface area contributed by atoms with Crippen molar-refractivity contribution in [1.29, 1.82) is 0 Å². The highest BCUT2D eigenvalue weighted by Gasteiger charge is 2.17. The largest absolute Gasteiger partial charge is 0.478 e. The van der Waals surface area contributed by atoms with E-state index in [4.69, 9.17) is 5.11 Å². The molecule has 0 fully saturated rings. The van der Waals surface area contributed by atoms with Crippen molar-refractivity contribution in [3.8, 4) is 11.1 Å². The fourth-order valence-corrected chi connectivity index (χ4v) is 1.64. The summed E-state index contributed by atoms with van der Waals surface area (Å²) in [4.78, 5) is 11.0. The van der Waals surface area contributed by atoms with Gasteiger partial charge in [0.15, 0.2) is 0 Å². The molecular weight excluding hydrogens is 226 g/mol. The molecule has 0 aliphatic carbocycles. The van der Waals surface area contributed by atoms with Crippen LogP contribution in [0.5, 0.6) is 0 Å². The number of carboxylic acids is 1. The molecular formula is C13H8F2O2. The van der Waals surface area contributed by atoms with Gasteiger partial charge in [-0.3, -0.25) is 0 Å². The predicted molar refractivity (Wildman–Crippen MR) is 58.8 cm³/mol. The van der Waals surface area contributed by atoms with Crippen LogP contribution in [0.1, 0.15) is 10.4 Å². The van der Waals surface area contributed by atoms with Gasteiger partial charge in [0.2, 0.25) is 0 Å². The van der Waals surface area contributed by atoms with Gasteiger partial charge in [-0.25, -0.2) is 13.6 Å². The monoisotopic (exact) mass is 234 g/mol. The molecule has 86 valence electrons. The molecule has 0 aliphatic heterocycles. The van der Waals surface area contributed by atoms with Crippen LogP contribution in [0, 0.1) is 11.6 Å². The lowest BCUT2D eigenvalue weighted by Crippen LogP contribution is -2.01. The van der Waals surface area contributed by atoms with E-state index in [0.717, 1.165) is 12.1 Å². The maximum absolute atomic E-state index is 13.5. The zero-order valence-electron chi connectivity index (χ0n) is 8.65. The van der Waals surface area contributed by atoms with Gasteiger partial charge in [-0.1, -0.05) is 24.3 Å². The van der Waals surface area contributed by atoms with Crippen molar-refractivity contribution in [2.45, 2.75) is 0 Å². The average Bonchev–Trinajstić information content (AvgIpc) is 2.29. The lowest BCUT2D eigenvalue weighted by molar-refractivity contribution is 0.0697. The van der Waals surface area contributed by atoms with Gasteiger partial charge in [-0.05, 0) is 18.2 Å². The third-order valence-corrected chi connectivity index (χ3v) is 2.39. The van der Waals surface area contributed by atoms with Crippen LogP contribution < -0.4 is 0 Å². The van der Waals surface area contributed by atoms with Crippen LogP contribution in [0.3, 0.4) is 0 Å². The lowest BCUT2D eigenvalue weighted by atomic mass is 9.99. The van der Waals surface area contributed by atoms with Crippen LogP contribution in [0.25, 0.3) is 11.1 Å². The fraction of sp³-hybridized carbons (Fsp3) is 0. The van der Waals surface area contributed by atoms with Crippen LogP contribution >= 0.6 is 0 Å². The quantitative estimate of drug-likeness (QED) is 0.865. The second kappa shape index (κ2) is 4.33. The molecule has 2 rings (SSSR count). The van der Waals surface area contributed by atoms with Crippen molar-refractivity contribution in [1.82, 2.24) is 0 Å². The van der Waals surface area contributed by atoms with Crippen molar-refractivity contribution in [3.63, 3.8) is 0 Å². The molecule has 0 heterocycles. The molecule has 2 nitrogen and oxygen atoms in total. The van der Waals surface area contributed by atoms with E-state index in [2.05, 4.69) is 0 Å². The molecule has 0 bridgehead atoms. The maximum atomic E-state index is 13.5. The minimum atomic E-state index is -1.22. The molecule has 2 aromatic rings. The first-order chi connectivity index (χ1) is 8.11. The van der Waals surface area contributed by atoms with Crippen LogP contribution in [-0.4, -0.2) is 11.1 Å². The van der Waals surface area contributed by atoms with Crippen molar-refractivity contribution in [2.24, 2.45) is 0 Å². The number of carbonyl (C=O) groups is 1. The molecule has 4 heteroatoms. The first-order valence-corrected chi connectivity index (χ1v) is 4.88. The molecule has 0 saturated heterocycles. The van der Waals surface area contributed by atoms with Gasteiger partial charge in [0.25, 0.3) is 0 Å². The molecule has 0 aliphatic rings. The highest BCUT2D eigenvalue weighted by Crippen LogP contribution is 2.28. The van der Waals surface area contributed by atoms with E-state index in [1.54, 1.807) is 0 Å². The molecule has 1 N–H and O–H groups in total. The Kier molecular flexibility index (Phi) is 2.87. The predicted octanol–water partition coefficient (Wildman–Crippen LogP) is 3.33. The van der Waals surface area contributed by atoms with E-state index in [9.17, 15) is 13.6 Å². The van der Waals surface area contributed by atoms with E-state index >= 15 is 0 Å². The van der Waals surface area contributed by atoms with Crippen molar-refractivity contribution >= 4 is 5.97 Å². The Bertz CT molecular complexity index is 559. The summed E-state index contributed by atoms with van der Waals surface area (Å²) in [5, 5.41) is 8.96. The van der Waals surface area contributed by atoms with Crippen LogP contribution in [0.2, 0.25) is 0 Å². The van der Waals surface area contributed by atoms with Crippen LogP contribution in [0.4, 0.5) is 8.78 Å². The Morgan fingerprint density at radius 3 is 2.12 bits per heavy atom. The summed E-state index contributed by atoms with van der Waals surface area (Å²) >= 11 is 0. The first kappa shape index (κ1) is 11.3. The second-order valence-electron chi connectivity index (χ2n) is 3.45. The van der Waals surface area contributed by atoms with Gasteiger partial charge in [-0.15, -0.1) is 0 Å². The number of halogens is 2. The summed E-state index contributed by atoms with van der Waals surface area (Å²) < 4.78 is 27.1. The molecule has 0 aromatic heterocycles. The highest BCUT2D eigenvalue weighted by molar-refractivity contribution is 5.96. The van der Waals surface area contributed by atoms with Crippen molar-refractivity contribution in [3.05, 3.63) is 59.7 Å². The van der Waals surface area contributed by atoms with E-state index < -0.39 is 17.6 Å². The zero-order chi connectivity index (χ0) is 12.4. The Balaban J connectivity index is 2.73. The molecule has 0 amide bonds. The minimum absolute atomic E-state index is 0.0376. The normalized spacial score (nSPS) is 10.2. The topological polar surface area (TPSA) is 37.3 Å². The Morgan fingerprint density at radius 2 is 1.53 bits per heavy atom. The van der Waals surface area contributed by atoms with Gasteiger partial charge in [0.1, 0.15) is 11.6 Å². The van der Waals surface area contributed by atoms with Gasteiger partial charge in [0.05, 0.1) is 11.1 Å². The smallest absolute Gasteiger partial charge is 0.336 e. The lowest BCUT2D eigenvalue weighted by Gasteiger charge is -2.08. The first-order valence-electron chi connectivity index (χ1n) is 4.88. The summed E-state index contributed by atoms with van der Waals surface area (Å²) in [7, 11) is 0. The molecule has 0 saturated carbocycles. The van der Waals surface area contributed by atoms with Gasteiger partial charge in [0, 0.05) is 5.56 Å². The Morgan fingerprint density at radius 1 is 0.941 bits per heavy atom. The maximum Gasteiger partial charge on any atom is 0.336 e. The molecule has 0 spiro atoms. The van der Waals surface area contributed by atoms with E-state index in [-0.39, 0.29) is 16.7 Å². The third kappa shape index (κ3) is 2.01. The number of carboxylic acid groups (broad SMARTS) is 1. The minimum Gasteiger partial charge on any atom is -0.478 e. The summed E-state index contributed by atoms with van der Waals surface area (Å²) in [5.74, 6) is -2.78. The highest BCUT2D eigenvalue weighted by atomic mass is 19.1. The van der Waals surface area contributed by atoms with E-state index in [0.29, 0.717) is 0 Å². The third-order valence-electron chi connectivity index (χ3n) is 2.39. The summed E-state index contributed by atoms with van der Waals surface area (Å²) in [6.07, 6.45) is 0. The Hall–Kier alpha value is -2.23. The zero-order valence-corrected chi connectivity index (χ0v) is 8.65.